The monoisotopic (exact) mass is 361 g/mol. The van der Waals surface area contributed by atoms with Gasteiger partial charge in [-0.15, -0.1) is 0 Å². The predicted octanol–water partition coefficient (Wildman–Crippen LogP) is 3.44. The minimum Gasteiger partial charge on any atom is -0.279 e. The molecule has 0 atom stereocenters. The fourth-order valence-electron chi connectivity index (χ4n) is 1.79. The van der Waals surface area contributed by atoms with Gasteiger partial charge in [0.05, 0.1) is 15.6 Å². The quantitative estimate of drug-likeness (QED) is 0.766. The first-order chi connectivity index (χ1) is 10.3. The number of benzene rings is 2. The lowest BCUT2D eigenvalue weighted by Gasteiger charge is -2.23. The number of hydrogen-bond donors (Lipinski definition) is 0. The maximum atomic E-state index is 13.3. The summed E-state index contributed by atoms with van der Waals surface area (Å²) < 4.78 is 39.3. The standard InChI is InChI=1S/C14H10Cl2FNO3S/c15-12-8-10(6-7-13(12)17)18(9-14(16)19)22(20,21)11-4-2-1-3-5-11/h1-8H,9H2. The topological polar surface area (TPSA) is 54.5 Å². The summed E-state index contributed by atoms with van der Waals surface area (Å²) in [5.74, 6) is -0.695. The van der Waals surface area contributed by atoms with E-state index in [-0.39, 0.29) is 15.6 Å². The van der Waals surface area contributed by atoms with E-state index in [1.54, 1.807) is 18.2 Å². The summed E-state index contributed by atoms with van der Waals surface area (Å²) in [7, 11) is -4.03. The van der Waals surface area contributed by atoms with Crippen molar-refractivity contribution >= 4 is 44.2 Å². The van der Waals surface area contributed by atoms with Crippen LogP contribution in [0.2, 0.25) is 5.02 Å². The van der Waals surface area contributed by atoms with Crippen molar-refractivity contribution in [2.75, 3.05) is 10.8 Å². The molecule has 116 valence electrons. The number of carbonyl (C=O) groups excluding carboxylic acids is 1. The molecule has 0 bridgehead atoms. The normalized spacial score (nSPS) is 11.2. The van der Waals surface area contributed by atoms with Gasteiger partial charge < -0.3 is 0 Å². The Labute approximate surface area is 137 Å². The Bertz CT molecular complexity index is 797. The molecule has 0 saturated carbocycles. The van der Waals surface area contributed by atoms with E-state index in [1.165, 1.54) is 18.2 Å². The zero-order valence-electron chi connectivity index (χ0n) is 11.0. The van der Waals surface area contributed by atoms with Crippen LogP contribution in [-0.4, -0.2) is 20.2 Å². The van der Waals surface area contributed by atoms with E-state index in [4.69, 9.17) is 23.2 Å². The molecule has 0 aliphatic heterocycles. The second-order valence-corrected chi connectivity index (χ2v) is 6.97. The fraction of sp³-hybridized carbons (Fsp3) is 0.0714. The summed E-state index contributed by atoms with van der Waals surface area (Å²) in [6.45, 7) is -0.596. The van der Waals surface area contributed by atoms with Gasteiger partial charge in [0.15, 0.2) is 0 Å². The van der Waals surface area contributed by atoms with Gasteiger partial charge in [0.2, 0.25) is 5.24 Å². The Hall–Kier alpha value is -1.63. The largest absolute Gasteiger partial charge is 0.279 e. The van der Waals surface area contributed by atoms with Crippen molar-refractivity contribution in [3.8, 4) is 0 Å². The molecular weight excluding hydrogens is 352 g/mol. The Morgan fingerprint density at radius 2 is 1.77 bits per heavy atom. The first-order valence-corrected chi connectivity index (χ1v) is 8.23. The summed E-state index contributed by atoms with van der Waals surface area (Å²) in [6.07, 6.45) is 0. The highest BCUT2D eigenvalue weighted by atomic mass is 35.5. The molecule has 0 aliphatic rings. The van der Waals surface area contributed by atoms with E-state index in [9.17, 15) is 17.6 Å². The number of anilines is 1. The van der Waals surface area contributed by atoms with Crippen molar-refractivity contribution in [1.29, 1.82) is 0 Å². The van der Waals surface area contributed by atoms with Gasteiger partial charge in [-0.2, -0.15) is 0 Å². The van der Waals surface area contributed by atoms with Gasteiger partial charge in [-0.05, 0) is 41.9 Å². The molecule has 0 unspecified atom stereocenters. The highest BCUT2D eigenvalue weighted by Crippen LogP contribution is 2.27. The Kier molecular flexibility index (Phi) is 5.05. The van der Waals surface area contributed by atoms with E-state index in [0.29, 0.717) is 0 Å². The van der Waals surface area contributed by atoms with Gasteiger partial charge in [0, 0.05) is 0 Å². The summed E-state index contributed by atoms with van der Waals surface area (Å²) in [5.41, 5.74) is 0.0456. The van der Waals surface area contributed by atoms with Gasteiger partial charge in [0.1, 0.15) is 12.4 Å². The molecule has 0 aliphatic carbocycles. The van der Waals surface area contributed by atoms with Crippen LogP contribution in [-0.2, 0) is 14.8 Å². The third-order valence-electron chi connectivity index (χ3n) is 2.79. The van der Waals surface area contributed by atoms with Crippen LogP contribution in [0.3, 0.4) is 0 Å². The number of rotatable bonds is 5. The smallest absolute Gasteiger partial charge is 0.264 e. The van der Waals surface area contributed by atoms with Crippen LogP contribution in [0.4, 0.5) is 10.1 Å². The molecule has 0 radical (unpaired) electrons. The van der Waals surface area contributed by atoms with Crippen LogP contribution in [0.25, 0.3) is 0 Å². The van der Waals surface area contributed by atoms with Crippen LogP contribution in [0, 0.1) is 5.82 Å². The second kappa shape index (κ2) is 6.64. The molecule has 0 heterocycles. The number of carbonyl (C=O) groups is 1. The lowest BCUT2D eigenvalue weighted by atomic mass is 10.3. The number of hydrogen-bond acceptors (Lipinski definition) is 3. The first kappa shape index (κ1) is 16.7. The number of nitrogens with zero attached hydrogens (tertiary/aromatic N) is 1. The van der Waals surface area contributed by atoms with Gasteiger partial charge in [-0.25, -0.2) is 12.8 Å². The zero-order valence-corrected chi connectivity index (χ0v) is 13.4. The summed E-state index contributed by atoms with van der Waals surface area (Å²) in [6, 6.07) is 10.9. The van der Waals surface area contributed by atoms with Crippen LogP contribution in [0.5, 0.6) is 0 Å². The minimum absolute atomic E-state index is 0.0200. The third kappa shape index (κ3) is 3.58. The Morgan fingerprint density at radius 3 is 2.32 bits per heavy atom. The molecule has 0 saturated heterocycles. The maximum Gasteiger partial charge on any atom is 0.264 e. The van der Waals surface area contributed by atoms with E-state index in [1.807, 2.05) is 0 Å². The first-order valence-electron chi connectivity index (χ1n) is 6.03. The van der Waals surface area contributed by atoms with Gasteiger partial charge in [-0.3, -0.25) is 9.10 Å². The molecule has 0 fully saturated rings. The highest BCUT2D eigenvalue weighted by Gasteiger charge is 2.27. The molecule has 0 N–H and O–H groups in total. The Balaban J connectivity index is 2.55. The van der Waals surface area contributed by atoms with E-state index in [2.05, 4.69) is 0 Å². The molecule has 22 heavy (non-hydrogen) atoms. The van der Waals surface area contributed by atoms with Crippen molar-refractivity contribution in [2.24, 2.45) is 0 Å². The molecule has 0 aromatic heterocycles. The Morgan fingerprint density at radius 1 is 1.14 bits per heavy atom. The van der Waals surface area contributed by atoms with Crippen LogP contribution < -0.4 is 4.31 Å². The second-order valence-electron chi connectivity index (χ2n) is 4.28. The number of sulfonamides is 1. The maximum absolute atomic E-state index is 13.3. The van der Waals surface area contributed by atoms with E-state index < -0.39 is 27.6 Å². The average Bonchev–Trinajstić information content (AvgIpc) is 2.48. The van der Waals surface area contributed by atoms with Crippen LogP contribution >= 0.6 is 23.2 Å². The molecule has 0 spiro atoms. The molecule has 2 aromatic carbocycles. The number of halogens is 3. The molecule has 4 nitrogen and oxygen atoms in total. The molecule has 8 heteroatoms. The van der Waals surface area contributed by atoms with Gasteiger partial charge in [-0.1, -0.05) is 29.8 Å². The minimum atomic E-state index is -4.03. The van der Waals surface area contributed by atoms with Crippen molar-refractivity contribution in [1.82, 2.24) is 0 Å². The molecule has 2 aromatic rings. The van der Waals surface area contributed by atoms with Crippen LogP contribution in [0.1, 0.15) is 0 Å². The van der Waals surface area contributed by atoms with Crippen LogP contribution in [0.15, 0.2) is 53.4 Å². The van der Waals surface area contributed by atoms with E-state index >= 15 is 0 Å². The lowest BCUT2D eigenvalue weighted by Crippen LogP contribution is -2.34. The molecule has 0 amide bonds. The van der Waals surface area contributed by atoms with E-state index in [0.717, 1.165) is 16.4 Å². The average molecular weight is 362 g/mol. The molecule has 2 rings (SSSR count). The zero-order chi connectivity index (χ0) is 16.3. The highest BCUT2D eigenvalue weighted by molar-refractivity contribution is 7.92. The lowest BCUT2D eigenvalue weighted by molar-refractivity contribution is -0.110. The summed E-state index contributed by atoms with van der Waals surface area (Å²) in [5, 5.41) is -1.13. The molecular formula is C14H10Cl2FNO3S. The van der Waals surface area contributed by atoms with Gasteiger partial charge in [0.25, 0.3) is 10.0 Å². The fourth-order valence-corrected chi connectivity index (χ4v) is 3.59. The van der Waals surface area contributed by atoms with Crippen molar-refractivity contribution in [3.05, 3.63) is 59.4 Å². The summed E-state index contributed by atoms with van der Waals surface area (Å²) in [4.78, 5) is 11.2. The van der Waals surface area contributed by atoms with Crippen molar-refractivity contribution in [2.45, 2.75) is 4.90 Å². The van der Waals surface area contributed by atoms with Crippen molar-refractivity contribution < 1.29 is 17.6 Å². The van der Waals surface area contributed by atoms with Gasteiger partial charge >= 0.3 is 0 Å². The predicted molar refractivity (Wildman–Crippen MR) is 83.2 cm³/mol. The SMILES string of the molecule is O=C(Cl)CN(c1ccc(F)c(Cl)c1)S(=O)(=O)c1ccccc1. The summed E-state index contributed by atoms with van der Waals surface area (Å²) >= 11 is 11.0. The third-order valence-corrected chi connectivity index (χ3v) is 4.99. The van der Waals surface area contributed by atoms with Crippen molar-refractivity contribution in [3.63, 3.8) is 0 Å².